The van der Waals surface area contributed by atoms with Crippen LogP contribution in [0.1, 0.15) is 17.5 Å². The molecular formula is C16H16ClN5O2S. The Bertz CT molecular complexity index is 847. The summed E-state index contributed by atoms with van der Waals surface area (Å²) >= 11 is 7.35. The van der Waals surface area contributed by atoms with Crippen LogP contribution in [0.3, 0.4) is 0 Å². The first kappa shape index (κ1) is 17.5. The zero-order valence-electron chi connectivity index (χ0n) is 13.6. The first-order valence-corrected chi connectivity index (χ1v) is 8.85. The molecule has 0 saturated heterocycles. The van der Waals surface area contributed by atoms with Gasteiger partial charge in [-0.25, -0.2) is 0 Å². The Morgan fingerprint density at radius 1 is 1.32 bits per heavy atom. The van der Waals surface area contributed by atoms with Crippen LogP contribution in [0.25, 0.3) is 0 Å². The zero-order chi connectivity index (χ0) is 17.6. The Labute approximate surface area is 154 Å². The number of thioether (sulfide) groups is 1. The molecule has 0 atom stereocenters. The highest BCUT2D eigenvalue weighted by atomic mass is 35.5. The summed E-state index contributed by atoms with van der Waals surface area (Å²) in [5, 5.41) is 13.7. The van der Waals surface area contributed by atoms with Gasteiger partial charge in [-0.2, -0.15) is 4.98 Å². The molecule has 130 valence electrons. The summed E-state index contributed by atoms with van der Waals surface area (Å²) in [7, 11) is 0. The predicted octanol–water partition coefficient (Wildman–Crippen LogP) is 3.68. The summed E-state index contributed by atoms with van der Waals surface area (Å²) in [6.07, 6.45) is 1.79. The summed E-state index contributed by atoms with van der Waals surface area (Å²) in [4.78, 5) is 4.18. The molecule has 0 radical (unpaired) electrons. The van der Waals surface area contributed by atoms with E-state index >= 15 is 0 Å². The van der Waals surface area contributed by atoms with E-state index in [0.717, 1.165) is 5.16 Å². The normalized spacial score (nSPS) is 10.8. The fourth-order valence-corrected chi connectivity index (χ4v) is 2.99. The molecule has 9 heteroatoms. The van der Waals surface area contributed by atoms with Gasteiger partial charge in [0.1, 0.15) is 12.4 Å². The van der Waals surface area contributed by atoms with Gasteiger partial charge in [-0.1, -0.05) is 34.6 Å². The Morgan fingerprint density at radius 2 is 2.12 bits per heavy atom. The van der Waals surface area contributed by atoms with Crippen LogP contribution in [-0.4, -0.2) is 24.9 Å². The van der Waals surface area contributed by atoms with Gasteiger partial charge < -0.3 is 9.26 Å². The molecule has 0 aliphatic rings. The molecule has 0 saturated carbocycles. The van der Waals surface area contributed by atoms with Crippen molar-refractivity contribution >= 4 is 23.4 Å². The maximum atomic E-state index is 5.87. The Kier molecular flexibility index (Phi) is 5.72. The van der Waals surface area contributed by atoms with Gasteiger partial charge in [-0.3, -0.25) is 4.57 Å². The van der Waals surface area contributed by atoms with Crippen molar-refractivity contribution in [3.63, 3.8) is 0 Å². The van der Waals surface area contributed by atoms with E-state index in [1.54, 1.807) is 25.1 Å². The number of hydrogen-bond donors (Lipinski definition) is 0. The van der Waals surface area contributed by atoms with Crippen LogP contribution in [0.5, 0.6) is 5.75 Å². The van der Waals surface area contributed by atoms with Crippen LogP contribution in [0, 0.1) is 6.92 Å². The lowest BCUT2D eigenvalue weighted by molar-refractivity contribution is 0.289. The number of halogens is 1. The lowest BCUT2D eigenvalue weighted by atomic mass is 10.3. The van der Waals surface area contributed by atoms with Crippen molar-refractivity contribution in [2.75, 3.05) is 0 Å². The van der Waals surface area contributed by atoms with Crippen LogP contribution in [0.15, 0.2) is 46.6 Å². The van der Waals surface area contributed by atoms with Gasteiger partial charge in [0.05, 0.1) is 5.75 Å². The molecule has 0 N–H and O–H groups in total. The first-order chi connectivity index (χ1) is 12.2. The van der Waals surface area contributed by atoms with Crippen LogP contribution >= 0.6 is 23.4 Å². The number of nitrogens with zero attached hydrogens (tertiary/aromatic N) is 5. The highest BCUT2D eigenvalue weighted by Crippen LogP contribution is 2.22. The maximum Gasteiger partial charge on any atom is 0.223 e. The lowest BCUT2D eigenvalue weighted by Gasteiger charge is -2.08. The molecule has 2 heterocycles. The monoisotopic (exact) mass is 377 g/mol. The minimum Gasteiger partial charge on any atom is -0.486 e. The van der Waals surface area contributed by atoms with E-state index in [4.69, 9.17) is 20.9 Å². The van der Waals surface area contributed by atoms with Crippen LogP contribution in [0.4, 0.5) is 0 Å². The average Bonchev–Trinajstić information content (AvgIpc) is 3.19. The molecule has 0 spiro atoms. The number of benzene rings is 1. The van der Waals surface area contributed by atoms with E-state index in [-0.39, 0.29) is 0 Å². The molecule has 0 aliphatic heterocycles. The molecule has 3 aromatic rings. The van der Waals surface area contributed by atoms with Crippen molar-refractivity contribution in [3.05, 3.63) is 59.5 Å². The molecule has 1 aromatic carbocycles. The summed E-state index contributed by atoms with van der Waals surface area (Å²) in [5.41, 5.74) is 0. The van der Waals surface area contributed by atoms with Crippen molar-refractivity contribution in [1.29, 1.82) is 0 Å². The molecular weight excluding hydrogens is 362 g/mol. The van der Waals surface area contributed by atoms with E-state index in [0.29, 0.717) is 47.2 Å². The number of ether oxygens (including phenoxy) is 1. The van der Waals surface area contributed by atoms with Gasteiger partial charge in [0.15, 0.2) is 16.8 Å². The van der Waals surface area contributed by atoms with Crippen LogP contribution in [-0.2, 0) is 18.9 Å². The number of aryl methyl sites for hydroxylation is 1. The minimum atomic E-state index is 0.296. The fourth-order valence-electron chi connectivity index (χ4n) is 2.05. The number of aromatic nitrogens is 5. The third kappa shape index (κ3) is 4.61. The highest BCUT2D eigenvalue weighted by Gasteiger charge is 2.14. The summed E-state index contributed by atoms with van der Waals surface area (Å²) in [6, 6.07) is 7.18. The van der Waals surface area contributed by atoms with Crippen molar-refractivity contribution in [2.24, 2.45) is 0 Å². The van der Waals surface area contributed by atoms with Gasteiger partial charge in [0.2, 0.25) is 5.89 Å². The molecule has 25 heavy (non-hydrogen) atoms. The third-order valence-electron chi connectivity index (χ3n) is 3.19. The van der Waals surface area contributed by atoms with Gasteiger partial charge in [0.25, 0.3) is 0 Å². The van der Waals surface area contributed by atoms with Crippen molar-refractivity contribution in [1.82, 2.24) is 24.9 Å². The van der Waals surface area contributed by atoms with Crippen molar-refractivity contribution in [2.45, 2.75) is 31.0 Å². The molecule has 0 fully saturated rings. The SMILES string of the molecule is C=CCn1c(COc2ccc(Cl)cc2)nnc1SCc1noc(C)n1. The molecule has 3 rings (SSSR count). The van der Waals surface area contributed by atoms with Gasteiger partial charge in [-0.15, -0.1) is 16.8 Å². The standard InChI is InChI=1S/C16H16ClN5O2S/c1-3-8-22-15(9-23-13-6-4-12(17)5-7-13)19-20-16(22)25-10-14-18-11(2)24-21-14/h3-7H,1,8-10H2,2H3. The Morgan fingerprint density at radius 3 is 2.80 bits per heavy atom. The maximum absolute atomic E-state index is 5.87. The van der Waals surface area contributed by atoms with Crippen LogP contribution < -0.4 is 4.74 Å². The molecule has 0 bridgehead atoms. The van der Waals surface area contributed by atoms with Gasteiger partial charge in [0, 0.05) is 18.5 Å². The van der Waals surface area contributed by atoms with E-state index in [2.05, 4.69) is 26.9 Å². The first-order valence-electron chi connectivity index (χ1n) is 7.49. The largest absolute Gasteiger partial charge is 0.486 e. The highest BCUT2D eigenvalue weighted by molar-refractivity contribution is 7.98. The smallest absolute Gasteiger partial charge is 0.223 e. The minimum absolute atomic E-state index is 0.296. The topological polar surface area (TPSA) is 78.9 Å². The second kappa shape index (κ2) is 8.17. The second-order valence-electron chi connectivity index (χ2n) is 5.06. The van der Waals surface area contributed by atoms with E-state index in [1.807, 2.05) is 16.7 Å². The molecule has 7 nitrogen and oxygen atoms in total. The summed E-state index contributed by atoms with van der Waals surface area (Å²) < 4.78 is 12.7. The van der Waals surface area contributed by atoms with Gasteiger partial charge in [-0.05, 0) is 24.3 Å². The number of hydrogen-bond acceptors (Lipinski definition) is 7. The van der Waals surface area contributed by atoms with Gasteiger partial charge >= 0.3 is 0 Å². The van der Waals surface area contributed by atoms with Crippen LogP contribution in [0.2, 0.25) is 5.02 Å². The molecule has 0 aliphatic carbocycles. The van der Waals surface area contributed by atoms with E-state index in [9.17, 15) is 0 Å². The Hall–Kier alpha value is -2.32. The van der Waals surface area contributed by atoms with Crippen molar-refractivity contribution in [3.8, 4) is 5.75 Å². The molecule has 0 amide bonds. The number of rotatable bonds is 8. The molecule has 2 aromatic heterocycles. The third-order valence-corrected chi connectivity index (χ3v) is 4.40. The summed E-state index contributed by atoms with van der Waals surface area (Å²) in [5.74, 6) is 3.13. The predicted molar refractivity (Wildman–Crippen MR) is 94.6 cm³/mol. The quantitative estimate of drug-likeness (QED) is 0.437. The molecule has 0 unspecified atom stereocenters. The average molecular weight is 378 g/mol. The second-order valence-corrected chi connectivity index (χ2v) is 6.44. The van der Waals surface area contributed by atoms with E-state index in [1.165, 1.54) is 11.8 Å². The number of allylic oxidation sites excluding steroid dienone is 1. The zero-order valence-corrected chi connectivity index (χ0v) is 15.1. The van der Waals surface area contributed by atoms with Crippen molar-refractivity contribution < 1.29 is 9.26 Å². The van der Waals surface area contributed by atoms with E-state index < -0.39 is 0 Å². The summed E-state index contributed by atoms with van der Waals surface area (Å²) in [6.45, 7) is 6.42. The fraction of sp³-hybridized carbons (Fsp3) is 0.250. The lowest BCUT2D eigenvalue weighted by Crippen LogP contribution is -2.07. The Balaban J connectivity index is 1.67.